The number of aliphatic hydroxyl groups is 1. The molecule has 0 amide bonds. The van der Waals surface area contributed by atoms with E-state index in [0.717, 1.165) is 23.9 Å². The second kappa shape index (κ2) is 5.63. The van der Waals surface area contributed by atoms with Crippen LogP contribution in [0.25, 0.3) is 0 Å². The lowest BCUT2D eigenvalue weighted by atomic mass is 9.91. The van der Waals surface area contributed by atoms with Crippen LogP contribution < -0.4 is 0 Å². The van der Waals surface area contributed by atoms with Crippen LogP contribution in [-0.4, -0.2) is 29.2 Å². The fraction of sp³-hybridized carbons (Fsp3) is 0.667. The fourth-order valence-corrected chi connectivity index (χ4v) is 3.92. The molecule has 2 atom stereocenters. The van der Waals surface area contributed by atoms with Crippen molar-refractivity contribution in [3.05, 3.63) is 20.8 Å². The summed E-state index contributed by atoms with van der Waals surface area (Å²) in [6, 6.07) is 2.51. The Morgan fingerprint density at radius 2 is 2.25 bits per heavy atom. The summed E-state index contributed by atoms with van der Waals surface area (Å²) in [5.41, 5.74) is 0. The zero-order valence-corrected chi connectivity index (χ0v) is 11.9. The second-order valence-electron chi connectivity index (χ2n) is 4.57. The topological polar surface area (TPSA) is 23.5 Å². The van der Waals surface area contributed by atoms with Crippen molar-refractivity contribution >= 4 is 27.3 Å². The zero-order chi connectivity index (χ0) is 11.5. The SMILES string of the molecule is CN(Cc1cc(Br)cs1)[C@H]1CCCC[C@@H]1O. The van der Waals surface area contributed by atoms with Gasteiger partial charge in [-0.3, -0.25) is 4.90 Å². The van der Waals surface area contributed by atoms with Crippen molar-refractivity contribution in [3.8, 4) is 0 Å². The van der Waals surface area contributed by atoms with E-state index in [2.05, 4.69) is 39.3 Å². The molecule has 1 saturated carbocycles. The predicted molar refractivity (Wildman–Crippen MR) is 71.7 cm³/mol. The van der Waals surface area contributed by atoms with E-state index in [0.29, 0.717) is 6.04 Å². The van der Waals surface area contributed by atoms with Crippen molar-refractivity contribution in [2.75, 3.05) is 7.05 Å². The van der Waals surface area contributed by atoms with E-state index < -0.39 is 0 Å². The van der Waals surface area contributed by atoms with Crippen LogP contribution in [0.3, 0.4) is 0 Å². The number of likely N-dealkylation sites (N-methyl/N-ethyl adjacent to an activating group) is 1. The quantitative estimate of drug-likeness (QED) is 0.926. The number of thiophene rings is 1. The monoisotopic (exact) mass is 303 g/mol. The Morgan fingerprint density at radius 3 is 2.88 bits per heavy atom. The Labute approximate surface area is 109 Å². The maximum atomic E-state index is 9.98. The van der Waals surface area contributed by atoms with E-state index in [1.54, 1.807) is 11.3 Å². The van der Waals surface area contributed by atoms with Gasteiger partial charge in [-0.2, -0.15) is 0 Å². The molecule has 2 rings (SSSR count). The first-order chi connectivity index (χ1) is 7.66. The number of aliphatic hydroxyl groups excluding tert-OH is 1. The minimum absolute atomic E-state index is 0.137. The molecular formula is C12H18BrNOS. The van der Waals surface area contributed by atoms with Crippen molar-refractivity contribution in [2.45, 2.75) is 44.4 Å². The van der Waals surface area contributed by atoms with Crippen molar-refractivity contribution in [1.82, 2.24) is 4.90 Å². The largest absolute Gasteiger partial charge is 0.391 e. The lowest BCUT2D eigenvalue weighted by molar-refractivity contribution is 0.0292. The molecule has 0 radical (unpaired) electrons. The first-order valence-corrected chi connectivity index (χ1v) is 7.45. The standard InChI is InChI=1S/C12H18BrNOS/c1-14(7-10-6-9(13)8-16-10)11-4-2-3-5-12(11)15/h6,8,11-12,15H,2-5,7H2,1H3/t11-,12-/m0/s1. The fourth-order valence-electron chi connectivity index (χ4n) is 2.41. The van der Waals surface area contributed by atoms with Gasteiger partial charge in [-0.25, -0.2) is 0 Å². The minimum Gasteiger partial charge on any atom is -0.391 e. The Bertz CT molecular complexity index is 342. The van der Waals surface area contributed by atoms with Crippen LogP contribution in [0.4, 0.5) is 0 Å². The Balaban J connectivity index is 1.93. The third-order valence-corrected chi connectivity index (χ3v) is 4.97. The summed E-state index contributed by atoms with van der Waals surface area (Å²) >= 11 is 5.25. The maximum absolute atomic E-state index is 9.98. The number of halogens is 1. The van der Waals surface area contributed by atoms with E-state index in [4.69, 9.17) is 0 Å². The first kappa shape index (κ1) is 12.6. The van der Waals surface area contributed by atoms with Crippen LogP contribution in [0.5, 0.6) is 0 Å². The van der Waals surface area contributed by atoms with Crippen molar-refractivity contribution in [1.29, 1.82) is 0 Å². The minimum atomic E-state index is -0.137. The molecular weight excluding hydrogens is 286 g/mol. The molecule has 0 unspecified atom stereocenters. The molecule has 0 aliphatic heterocycles. The average Bonchev–Trinajstić information content (AvgIpc) is 2.64. The molecule has 0 saturated heterocycles. The average molecular weight is 304 g/mol. The van der Waals surface area contributed by atoms with E-state index in [1.807, 2.05) is 0 Å². The van der Waals surface area contributed by atoms with Gasteiger partial charge in [0, 0.05) is 27.3 Å². The molecule has 0 aromatic carbocycles. The molecule has 0 bridgehead atoms. The van der Waals surface area contributed by atoms with Gasteiger partial charge in [-0.1, -0.05) is 12.8 Å². The molecule has 16 heavy (non-hydrogen) atoms. The number of rotatable bonds is 3. The summed E-state index contributed by atoms with van der Waals surface area (Å²) < 4.78 is 1.16. The highest BCUT2D eigenvalue weighted by atomic mass is 79.9. The Kier molecular flexibility index (Phi) is 4.41. The molecule has 1 fully saturated rings. The maximum Gasteiger partial charge on any atom is 0.0695 e. The van der Waals surface area contributed by atoms with E-state index in [1.165, 1.54) is 17.7 Å². The number of hydrogen-bond acceptors (Lipinski definition) is 3. The second-order valence-corrected chi connectivity index (χ2v) is 6.48. The highest BCUT2D eigenvalue weighted by Gasteiger charge is 2.26. The highest BCUT2D eigenvalue weighted by molar-refractivity contribution is 9.10. The molecule has 4 heteroatoms. The molecule has 1 N–H and O–H groups in total. The molecule has 1 aromatic rings. The molecule has 1 aliphatic rings. The van der Waals surface area contributed by atoms with Crippen LogP contribution in [0.15, 0.2) is 15.9 Å². The van der Waals surface area contributed by atoms with Crippen LogP contribution >= 0.6 is 27.3 Å². The summed E-state index contributed by atoms with van der Waals surface area (Å²) in [7, 11) is 2.12. The predicted octanol–water partition coefficient (Wildman–Crippen LogP) is 3.25. The molecule has 1 aromatic heterocycles. The zero-order valence-electron chi connectivity index (χ0n) is 9.53. The Hall–Kier alpha value is 0.1000. The first-order valence-electron chi connectivity index (χ1n) is 5.78. The highest BCUT2D eigenvalue weighted by Crippen LogP contribution is 2.26. The normalized spacial score (nSPS) is 26.2. The van der Waals surface area contributed by atoms with Gasteiger partial charge >= 0.3 is 0 Å². The summed E-state index contributed by atoms with van der Waals surface area (Å²) in [5, 5.41) is 12.1. The summed E-state index contributed by atoms with van der Waals surface area (Å²) in [5.74, 6) is 0. The van der Waals surface area contributed by atoms with Crippen LogP contribution in [-0.2, 0) is 6.54 Å². The van der Waals surface area contributed by atoms with E-state index in [9.17, 15) is 5.11 Å². The molecule has 1 heterocycles. The molecule has 2 nitrogen and oxygen atoms in total. The van der Waals surface area contributed by atoms with Crippen LogP contribution in [0.2, 0.25) is 0 Å². The Morgan fingerprint density at radius 1 is 1.50 bits per heavy atom. The summed E-state index contributed by atoms with van der Waals surface area (Å²) in [6.45, 7) is 0.942. The number of nitrogens with zero attached hydrogens (tertiary/aromatic N) is 1. The van der Waals surface area contributed by atoms with Gasteiger partial charge < -0.3 is 5.11 Å². The van der Waals surface area contributed by atoms with Gasteiger partial charge in [0.15, 0.2) is 0 Å². The number of hydrogen-bond donors (Lipinski definition) is 1. The van der Waals surface area contributed by atoms with Crippen molar-refractivity contribution in [3.63, 3.8) is 0 Å². The van der Waals surface area contributed by atoms with Gasteiger partial charge in [-0.15, -0.1) is 11.3 Å². The van der Waals surface area contributed by atoms with Crippen molar-refractivity contribution < 1.29 is 5.11 Å². The third kappa shape index (κ3) is 3.06. The van der Waals surface area contributed by atoms with Gasteiger partial charge in [0.2, 0.25) is 0 Å². The van der Waals surface area contributed by atoms with E-state index in [-0.39, 0.29) is 6.10 Å². The van der Waals surface area contributed by atoms with Crippen LogP contribution in [0, 0.1) is 0 Å². The lowest BCUT2D eigenvalue weighted by Crippen LogP contribution is -2.42. The molecule has 0 spiro atoms. The van der Waals surface area contributed by atoms with Crippen LogP contribution in [0.1, 0.15) is 30.6 Å². The smallest absolute Gasteiger partial charge is 0.0695 e. The van der Waals surface area contributed by atoms with Gasteiger partial charge in [0.1, 0.15) is 0 Å². The summed E-state index contributed by atoms with van der Waals surface area (Å²) in [4.78, 5) is 3.65. The van der Waals surface area contributed by atoms with Gasteiger partial charge in [0.05, 0.1) is 6.10 Å². The van der Waals surface area contributed by atoms with Gasteiger partial charge in [-0.05, 0) is 41.9 Å². The summed E-state index contributed by atoms with van der Waals surface area (Å²) in [6.07, 6.45) is 4.38. The molecule has 1 aliphatic carbocycles. The van der Waals surface area contributed by atoms with Gasteiger partial charge in [0.25, 0.3) is 0 Å². The van der Waals surface area contributed by atoms with E-state index >= 15 is 0 Å². The lowest BCUT2D eigenvalue weighted by Gasteiger charge is -2.34. The van der Waals surface area contributed by atoms with Crippen molar-refractivity contribution in [2.24, 2.45) is 0 Å². The molecule has 90 valence electrons. The third-order valence-electron chi connectivity index (χ3n) is 3.29.